The summed E-state index contributed by atoms with van der Waals surface area (Å²) in [5, 5.41) is 4.02. The fourth-order valence-electron chi connectivity index (χ4n) is 2.95. The van der Waals surface area contributed by atoms with Crippen molar-refractivity contribution in [2.24, 2.45) is 0 Å². The molecule has 0 bridgehead atoms. The van der Waals surface area contributed by atoms with Gasteiger partial charge in [-0.3, -0.25) is 4.90 Å². The third kappa shape index (κ3) is 3.95. The topological polar surface area (TPSA) is 33.7 Å². The zero-order valence-electron chi connectivity index (χ0n) is 12.2. The molecule has 0 spiro atoms. The Bertz CT molecular complexity index is 485. The van der Waals surface area contributed by atoms with Crippen LogP contribution in [0.25, 0.3) is 0 Å². The predicted octanol–water partition coefficient (Wildman–Crippen LogP) is 2.72. The van der Waals surface area contributed by atoms with Crippen LogP contribution in [-0.4, -0.2) is 44.3 Å². The van der Waals surface area contributed by atoms with Crippen LogP contribution in [0.2, 0.25) is 5.02 Å². The maximum absolute atomic E-state index is 6.29. The number of rotatable bonds is 3. The van der Waals surface area contributed by atoms with Crippen molar-refractivity contribution >= 4 is 24.0 Å². The highest BCUT2D eigenvalue weighted by atomic mass is 35.5. The summed E-state index contributed by atoms with van der Waals surface area (Å²) in [4.78, 5) is 2.46. The van der Waals surface area contributed by atoms with Crippen molar-refractivity contribution in [3.63, 3.8) is 0 Å². The van der Waals surface area contributed by atoms with Gasteiger partial charge in [0.25, 0.3) is 0 Å². The Kier molecular flexibility index (Phi) is 5.99. The van der Waals surface area contributed by atoms with E-state index in [9.17, 15) is 0 Å². The molecule has 2 aliphatic rings. The van der Waals surface area contributed by atoms with E-state index in [1.54, 1.807) is 0 Å². The molecule has 118 valence electrons. The van der Waals surface area contributed by atoms with Crippen LogP contribution < -0.4 is 14.8 Å². The molecule has 3 rings (SSSR count). The van der Waals surface area contributed by atoms with Crippen LogP contribution in [-0.2, 0) is 6.54 Å². The Morgan fingerprint density at radius 1 is 1.33 bits per heavy atom. The molecule has 0 aliphatic carbocycles. The number of likely N-dealkylation sites (tertiary alicyclic amines) is 1. The van der Waals surface area contributed by atoms with E-state index in [4.69, 9.17) is 21.1 Å². The highest BCUT2D eigenvalue weighted by Gasteiger charge is 2.21. The van der Waals surface area contributed by atoms with Crippen LogP contribution in [0.4, 0.5) is 0 Å². The van der Waals surface area contributed by atoms with Gasteiger partial charge in [0.15, 0.2) is 11.5 Å². The summed E-state index contributed by atoms with van der Waals surface area (Å²) in [6, 6.07) is 4.65. The average Bonchev–Trinajstić information content (AvgIpc) is 2.47. The largest absolute Gasteiger partial charge is 0.486 e. The van der Waals surface area contributed by atoms with Gasteiger partial charge >= 0.3 is 0 Å². The molecule has 1 unspecified atom stereocenters. The summed E-state index contributed by atoms with van der Waals surface area (Å²) >= 11 is 6.29. The number of nitrogens with zero attached hydrogens (tertiary/aromatic N) is 1. The first kappa shape index (κ1) is 16.7. The molecule has 1 aromatic rings. The molecule has 21 heavy (non-hydrogen) atoms. The molecule has 1 fully saturated rings. The summed E-state index contributed by atoms with van der Waals surface area (Å²) in [6.07, 6.45) is 2.50. The smallest absolute Gasteiger partial charge is 0.179 e. The van der Waals surface area contributed by atoms with E-state index in [0.717, 1.165) is 25.4 Å². The molecular formula is C15H22Cl2N2O2. The molecule has 0 amide bonds. The van der Waals surface area contributed by atoms with Gasteiger partial charge in [0.1, 0.15) is 13.2 Å². The molecule has 1 aromatic carbocycles. The molecule has 1 saturated heterocycles. The van der Waals surface area contributed by atoms with Gasteiger partial charge < -0.3 is 14.8 Å². The number of piperidine rings is 1. The minimum Gasteiger partial charge on any atom is -0.486 e. The van der Waals surface area contributed by atoms with E-state index in [2.05, 4.69) is 16.3 Å². The number of likely N-dealkylation sites (N-methyl/N-ethyl adjacent to an activating group) is 1. The van der Waals surface area contributed by atoms with E-state index >= 15 is 0 Å². The molecular weight excluding hydrogens is 311 g/mol. The normalized spacial score (nSPS) is 21.7. The first-order chi connectivity index (χ1) is 9.76. The molecule has 1 atom stereocenters. The van der Waals surface area contributed by atoms with Crippen LogP contribution in [0.5, 0.6) is 11.5 Å². The molecule has 2 heterocycles. The van der Waals surface area contributed by atoms with Crippen LogP contribution in [0.15, 0.2) is 12.1 Å². The Morgan fingerprint density at radius 2 is 2.14 bits per heavy atom. The monoisotopic (exact) mass is 332 g/mol. The number of hydrogen-bond donors (Lipinski definition) is 1. The van der Waals surface area contributed by atoms with E-state index in [0.29, 0.717) is 30.0 Å². The summed E-state index contributed by atoms with van der Waals surface area (Å²) in [5.41, 5.74) is 1.19. The third-order valence-electron chi connectivity index (χ3n) is 3.98. The number of nitrogens with one attached hydrogen (secondary N) is 1. The second-order valence-corrected chi connectivity index (χ2v) is 5.87. The van der Waals surface area contributed by atoms with Crippen LogP contribution in [0.3, 0.4) is 0 Å². The maximum atomic E-state index is 6.29. The molecule has 0 saturated carbocycles. The number of benzene rings is 1. The second-order valence-electron chi connectivity index (χ2n) is 5.46. The summed E-state index contributed by atoms with van der Waals surface area (Å²) < 4.78 is 11.2. The van der Waals surface area contributed by atoms with Gasteiger partial charge in [-0.2, -0.15) is 0 Å². The lowest BCUT2D eigenvalue weighted by Gasteiger charge is -2.32. The van der Waals surface area contributed by atoms with Crippen molar-refractivity contribution in [2.75, 3.05) is 33.4 Å². The lowest BCUT2D eigenvalue weighted by molar-refractivity contribution is 0.169. The Labute approximate surface area is 137 Å². The number of fused-ring (bicyclic) bond motifs is 1. The van der Waals surface area contributed by atoms with E-state index in [1.807, 2.05) is 13.1 Å². The quantitative estimate of drug-likeness (QED) is 0.922. The second kappa shape index (κ2) is 7.54. The van der Waals surface area contributed by atoms with E-state index < -0.39 is 0 Å². The SMILES string of the molecule is CNC1CCCN(Cc2cc(Cl)c3c(c2)OCCO3)C1.Cl. The van der Waals surface area contributed by atoms with Crippen molar-refractivity contribution in [3.05, 3.63) is 22.7 Å². The van der Waals surface area contributed by atoms with Gasteiger partial charge in [-0.1, -0.05) is 11.6 Å². The number of ether oxygens (including phenoxy) is 2. The minimum absolute atomic E-state index is 0. The molecule has 0 radical (unpaired) electrons. The Morgan fingerprint density at radius 3 is 2.95 bits per heavy atom. The van der Waals surface area contributed by atoms with Crippen LogP contribution >= 0.6 is 24.0 Å². The van der Waals surface area contributed by atoms with Crippen LogP contribution in [0.1, 0.15) is 18.4 Å². The number of halogens is 2. The molecule has 1 N–H and O–H groups in total. The zero-order chi connectivity index (χ0) is 13.9. The van der Waals surface area contributed by atoms with E-state index in [1.165, 1.54) is 18.4 Å². The Balaban J connectivity index is 0.00000161. The lowest BCUT2D eigenvalue weighted by Crippen LogP contribution is -2.43. The van der Waals surface area contributed by atoms with E-state index in [-0.39, 0.29) is 12.4 Å². The van der Waals surface area contributed by atoms with Gasteiger partial charge in [-0.15, -0.1) is 12.4 Å². The molecule has 0 aromatic heterocycles. The van der Waals surface area contributed by atoms with Gasteiger partial charge in [0.05, 0.1) is 5.02 Å². The third-order valence-corrected chi connectivity index (χ3v) is 4.26. The van der Waals surface area contributed by atoms with Crippen LogP contribution in [0, 0.1) is 0 Å². The highest BCUT2D eigenvalue weighted by molar-refractivity contribution is 6.32. The van der Waals surface area contributed by atoms with Gasteiger partial charge in [-0.25, -0.2) is 0 Å². The summed E-state index contributed by atoms with van der Waals surface area (Å²) in [6.45, 7) is 4.31. The zero-order valence-corrected chi connectivity index (χ0v) is 13.8. The summed E-state index contributed by atoms with van der Waals surface area (Å²) in [5.74, 6) is 1.47. The fraction of sp³-hybridized carbons (Fsp3) is 0.600. The average molecular weight is 333 g/mol. The first-order valence-electron chi connectivity index (χ1n) is 7.24. The standard InChI is InChI=1S/C15H21ClN2O2.ClH/c1-17-12-3-2-4-18(10-12)9-11-7-13(16)15-14(8-11)19-5-6-20-15;/h7-8,12,17H,2-6,9-10H2,1H3;1H. The van der Waals surface area contributed by atoms with Gasteiger partial charge in [0.2, 0.25) is 0 Å². The lowest BCUT2D eigenvalue weighted by atomic mass is 10.0. The summed E-state index contributed by atoms with van der Waals surface area (Å²) in [7, 11) is 2.04. The fourth-order valence-corrected chi connectivity index (χ4v) is 3.24. The maximum Gasteiger partial charge on any atom is 0.179 e. The van der Waals surface area contributed by atoms with Crippen molar-refractivity contribution in [1.29, 1.82) is 0 Å². The van der Waals surface area contributed by atoms with Crippen molar-refractivity contribution in [3.8, 4) is 11.5 Å². The predicted molar refractivity (Wildman–Crippen MR) is 87.0 cm³/mol. The minimum atomic E-state index is 0. The first-order valence-corrected chi connectivity index (χ1v) is 7.61. The highest BCUT2D eigenvalue weighted by Crippen LogP contribution is 2.38. The van der Waals surface area contributed by atoms with Gasteiger partial charge in [-0.05, 0) is 44.1 Å². The van der Waals surface area contributed by atoms with Crippen molar-refractivity contribution in [2.45, 2.75) is 25.4 Å². The molecule has 4 nitrogen and oxygen atoms in total. The number of hydrogen-bond acceptors (Lipinski definition) is 4. The van der Waals surface area contributed by atoms with Crippen molar-refractivity contribution < 1.29 is 9.47 Å². The molecule has 2 aliphatic heterocycles. The molecule has 6 heteroatoms. The Hall–Kier alpha value is -0.680. The van der Waals surface area contributed by atoms with Crippen molar-refractivity contribution in [1.82, 2.24) is 10.2 Å². The van der Waals surface area contributed by atoms with Gasteiger partial charge in [0, 0.05) is 19.1 Å².